The Morgan fingerprint density at radius 3 is 2.55 bits per heavy atom. The van der Waals surface area contributed by atoms with Crippen LogP contribution in [0.5, 0.6) is 5.88 Å². The fourth-order valence-electron chi connectivity index (χ4n) is 5.46. The van der Waals surface area contributed by atoms with Gasteiger partial charge in [-0.1, -0.05) is 12.8 Å². The molecule has 0 unspecified atom stereocenters. The second kappa shape index (κ2) is 9.55. The summed E-state index contributed by atoms with van der Waals surface area (Å²) in [7, 11) is 3.51. The van der Waals surface area contributed by atoms with Crippen LogP contribution in [0.25, 0.3) is 11.0 Å². The number of carbonyl (C=O) groups is 1. The number of piperidine rings is 1. The Morgan fingerprint density at radius 2 is 1.87 bits per heavy atom. The number of amides is 1. The molecule has 0 spiro atoms. The van der Waals surface area contributed by atoms with Crippen LogP contribution in [0.15, 0.2) is 0 Å². The molecule has 0 bridgehead atoms. The molecule has 0 atom stereocenters. The van der Waals surface area contributed by atoms with Crippen LogP contribution in [0.1, 0.15) is 61.8 Å². The molecule has 7 heteroatoms. The molecule has 1 saturated heterocycles. The van der Waals surface area contributed by atoms with Crippen molar-refractivity contribution in [3.8, 4) is 5.88 Å². The third kappa shape index (κ3) is 4.86. The fourth-order valence-corrected chi connectivity index (χ4v) is 5.46. The minimum absolute atomic E-state index is 0.145. The lowest BCUT2D eigenvalue weighted by atomic mass is 9.99. The highest BCUT2D eigenvalue weighted by molar-refractivity contribution is 5.86. The molecule has 2 aromatic heterocycles. The number of aromatic nitrogens is 3. The first-order valence-electron chi connectivity index (χ1n) is 11.8. The molecule has 1 N–H and O–H groups in total. The Labute approximate surface area is 185 Å². The zero-order valence-electron chi connectivity index (χ0n) is 19.5. The average molecular weight is 428 g/mol. The van der Waals surface area contributed by atoms with Crippen molar-refractivity contribution < 1.29 is 9.53 Å². The van der Waals surface area contributed by atoms with Crippen molar-refractivity contribution in [2.45, 2.75) is 71.3 Å². The number of nitrogens with one attached hydrogen (secondary N) is 1. The van der Waals surface area contributed by atoms with Crippen molar-refractivity contribution in [2.24, 2.45) is 13.0 Å². The van der Waals surface area contributed by atoms with Crippen molar-refractivity contribution in [1.29, 1.82) is 0 Å². The van der Waals surface area contributed by atoms with Crippen molar-refractivity contribution in [1.82, 2.24) is 25.0 Å². The zero-order valence-corrected chi connectivity index (χ0v) is 19.5. The highest BCUT2D eigenvalue weighted by Gasteiger charge is 2.24. The molecule has 2 aromatic rings. The summed E-state index contributed by atoms with van der Waals surface area (Å²) >= 11 is 0. The Balaban J connectivity index is 1.30. The first-order valence-corrected chi connectivity index (χ1v) is 11.8. The first-order chi connectivity index (χ1) is 15.0. The smallest absolute Gasteiger partial charge is 0.242 e. The lowest BCUT2D eigenvalue weighted by Crippen LogP contribution is -2.45. The zero-order chi connectivity index (χ0) is 22.0. The van der Waals surface area contributed by atoms with E-state index in [9.17, 15) is 4.79 Å². The number of methoxy groups -OCH3 is 1. The van der Waals surface area contributed by atoms with Gasteiger partial charge in [0.05, 0.1) is 12.5 Å². The van der Waals surface area contributed by atoms with E-state index in [1.165, 1.54) is 32.2 Å². The molecule has 2 fully saturated rings. The van der Waals surface area contributed by atoms with Crippen LogP contribution in [0.2, 0.25) is 0 Å². The van der Waals surface area contributed by atoms with Crippen LogP contribution in [0.4, 0.5) is 0 Å². The number of pyridine rings is 1. The third-order valence-corrected chi connectivity index (χ3v) is 7.26. The summed E-state index contributed by atoms with van der Waals surface area (Å²) in [6.45, 7) is 7.57. The van der Waals surface area contributed by atoms with Gasteiger partial charge in [-0.15, -0.1) is 5.10 Å². The van der Waals surface area contributed by atoms with Gasteiger partial charge in [0.1, 0.15) is 0 Å². The summed E-state index contributed by atoms with van der Waals surface area (Å²) < 4.78 is 7.20. The molecule has 1 aliphatic carbocycles. The number of fused-ring (bicyclic) bond motifs is 1. The van der Waals surface area contributed by atoms with Gasteiger partial charge in [0.15, 0.2) is 5.65 Å². The quantitative estimate of drug-likeness (QED) is 0.734. The van der Waals surface area contributed by atoms with Gasteiger partial charge in [0, 0.05) is 44.8 Å². The maximum Gasteiger partial charge on any atom is 0.242 e. The van der Waals surface area contributed by atoms with E-state index < -0.39 is 0 Å². The van der Waals surface area contributed by atoms with E-state index in [0.717, 1.165) is 59.7 Å². The number of hydrogen-bond donors (Lipinski definition) is 1. The Kier molecular flexibility index (Phi) is 6.80. The summed E-state index contributed by atoms with van der Waals surface area (Å²) in [5.41, 5.74) is 4.02. The van der Waals surface area contributed by atoms with Crippen LogP contribution in [-0.4, -0.2) is 58.4 Å². The van der Waals surface area contributed by atoms with Crippen molar-refractivity contribution in [3.05, 3.63) is 16.8 Å². The number of rotatable bonds is 7. The molecule has 0 aromatic carbocycles. The van der Waals surface area contributed by atoms with Gasteiger partial charge in [0.25, 0.3) is 0 Å². The Bertz CT molecular complexity index is 924. The van der Waals surface area contributed by atoms with Crippen molar-refractivity contribution in [2.75, 3.05) is 26.7 Å². The molecule has 2 aliphatic rings. The topological polar surface area (TPSA) is 72.3 Å². The van der Waals surface area contributed by atoms with E-state index in [0.29, 0.717) is 24.8 Å². The molecule has 4 rings (SSSR count). The predicted octanol–water partition coefficient (Wildman–Crippen LogP) is 3.30. The molecule has 31 heavy (non-hydrogen) atoms. The predicted molar refractivity (Wildman–Crippen MR) is 122 cm³/mol. The highest BCUT2D eigenvalue weighted by atomic mass is 16.5. The highest BCUT2D eigenvalue weighted by Crippen LogP contribution is 2.30. The molecular formula is C24H37N5O2. The number of likely N-dealkylation sites (tertiary alicyclic amines) is 1. The third-order valence-electron chi connectivity index (χ3n) is 7.26. The summed E-state index contributed by atoms with van der Waals surface area (Å²) in [4.78, 5) is 20.0. The number of nitrogens with zero attached hydrogens (tertiary/aromatic N) is 4. The molecule has 7 nitrogen and oxygen atoms in total. The van der Waals surface area contributed by atoms with E-state index in [4.69, 9.17) is 9.72 Å². The van der Waals surface area contributed by atoms with E-state index in [1.807, 2.05) is 14.0 Å². The van der Waals surface area contributed by atoms with Crippen LogP contribution < -0.4 is 10.1 Å². The lowest BCUT2D eigenvalue weighted by molar-refractivity contribution is -0.122. The first kappa shape index (κ1) is 22.1. The molecule has 1 amide bonds. The van der Waals surface area contributed by atoms with Gasteiger partial charge in [-0.2, -0.15) is 0 Å². The summed E-state index contributed by atoms with van der Waals surface area (Å²) in [5.74, 6) is 1.64. The van der Waals surface area contributed by atoms with Gasteiger partial charge >= 0.3 is 0 Å². The number of hydrogen-bond acceptors (Lipinski definition) is 5. The SMILES string of the molecule is COc1nn(C)c2nc(C)c(CCC(=O)NC3CCN(CC4CCCC4)CC3)c(C)c12. The largest absolute Gasteiger partial charge is 0.479 e. The second-order valence-corrected chi connectivity index (χ2v) is 9.43. The maximum atomic E-state index is 12.7. The van der Waals surface area contributed by atoms with Crippen LogP contribution in [0.3, 0.4) is 0 Å². The van der Waals surface area contributed by atoms with Gasteiger partial charge in [-0.3, -0.25) is 4.79 Å². The van der Waals surface area contributed by atoms with E-state index in [1.54, 1.807) is 11.8 Å². The van der Waals surface area contributed by atoms with Crippen molar-refractivity contribution >= 4 is 16.9 Å². The summed E-state index contributed by atoms with van der Waals surface area (Å²) in [6.07, 6.45) is 8.93. The average Bonchev–Trinajstić information content (AvgIpc) is 3.37. The minimum atomic E-state index is 0.145. The molecule has 170 valence electrons. The van der Waals surface area contributed by atoms with E-state index >= 15 is 0 Å². The molecule has 1 saturated carbocycles. The van der Waals surface area contributed by atoms with Crippen LogP contribution in [0, 0.1) is 19.8 Å². The van der Waals surface area contributed by atoms with Crippen molar-refractivity contribution in [3.63, 3.8) is 0 Å². The number of aryl methyl sites for hydroxylation is 3. The van der Waals surface area contributed by atoms with Crippen LogP contribution >= 0.6 is 0 Å². The number of ether oxygens (including phenoxy) is 1. The monoisotopic (exact) mass is 427 g/mol. The van der Waals surface area contributed by atoms with E-state index in [-0.39, 0.29) is 5.91 Å². The lowest BCUT2D eigenvalue weighted by Gasteiger charge is -2.33. The van der Waals surface area contributed by atoms with Crippen LogP contribution in [-0.2, 0) is 18.3 Å². The molecular weight excluding hydrogens is 390 g/mol. The van der Waals surface area contributed by atoms with Gasteiger partial charge < -0.3 is 15.0 Å². The summed E-state index contributed by atoms with van der Waals surface area (Å²) in [5, 5.41) is 8.63. The standard InChI is InChI=1S/C24H37N5O2/c1-16-20(17(2)25-23-22(16)24(31-4)27-28(23)3)9-10-21(30)26-19-11-13-29(14-12-19)15-18-7-5-6-8-18/h18-19H,5-15H2,1-4H3,(H,26,30). The normalized spacial score (nSPS) is 18.7. The Hall–Kier alpha value is -2.15. The molecule has 0 radical (unpaired) electrons. The minimum Gasteiger partial charge on any atom is -0.479 e. The Morgan fingerprint density at radius 1 is 1.16 bits per heavy atom. The maximum absolute atomic E-state index is 12.7. The molecule has 1 aliphatic heterocycles. The fraction of sp³-hybridized carbons (Fsp3) is 0.708. The van der Waals surface area contributed by atoms with E-state index in [2.05, 4.69) is 22.2 Å². The number of carbonyl (C=O) groups excluding carboxylic acids is 1. The van der Waals surface area contributed by atoms with Gasteiger partial charge in [-0.25, -0.2) is 9.67 Å². The second-order valence-electron chi connectivity index (χ2n) is 9.43. The summed E-state index contributed by atoms with van der Waals surface area (Å²) in [6, 6.07) is 0.313. The van der Waals surface area contributed by atoms with Gasteiger partial charge in [0.2, 0.25) is 11.8 Å². The molecule has 3 heterocycles. The van der Waals surface area contributed by atoms with Gasteiger partial charge in [-0.05, 0) is 63.0 Å².